The molecule has 1 aliphatic heterocycles. The minimum absolute atomic E-state index is 0.173. The number of aliphatic hydroxyl groups excluding tert-OH is 1. The van der Waals surface area contributed by atoms with Crippen LogP contribution >= 0.6 is 11.8 Å². The van der Waals surface area contributed by atoms with Crippen molar-refractivity contribution in [1.29, 1.82) is 0 Å². The van der Waals surface area contributed by atoms with Crippen molar-refractivity contribution in [3.8, 4) is 5.75 Å². The number of rotatable bonds is 4. The lowest BCUT2D eigenvalue weighted by molar-refractivity contribution is 0.0616. The second kappa shape index (κ2) is 5.78. The van der Waals surface area contributed by atoms with Crippen LogP contribution in [0.2, 0.25) is 0 Å². The summed E-state index contributed by atoms with van der Waals surface area (Å²) in [5.41, 5.74) is 2.12. The van der Waals surface area contributed by atoms with Gasteiger partial charge in [0.05, 0.1) is 6.10 Å². The molecule has 1 N–H and O–H groups in total. The second-order valence-corrected chi connectivity index (χ2v) is 5.65. The van der Waals surface area contributed by atoms with Gasteiger partial charge < -0.3 is 9.84 Å². The molecule has 0 spiro atoms. The smallest absolute Gasteiger partial charge is 0.125 e. The average molecular weight is 252 g/mol. The Bertz CT molecular complexity index is 378. The highest BCUT2D eigenvalue weighted by molar-refractivity contribution is 7.98. The normalized spacial score (nSPS) is 23.0. The number of thioether (sulfide) groups is 1. The fourth-order valence-electron chi connectivity index (χ4n) is 2.27. The summed E-state index contributed by atoms with van der Waals surface area (Å²) in [6, 6.07) is 6.04. The Morgan fingerprint density at radius 2 is 2.29 bits per heavy atom. The SMILES string of the molecule is CSCCCC1C[C@@H](O)c2cc(C)ccc2O1. The topological polar surface area (TPSA) is 29.5 Å². The van der Waals surface area contributed by atoms with Crippen LogP contribution in [0.15, 0.2) is 18.2 Å². The van der Waals surface area contributed by atoms with Crippen LogP contribution in [0.25, 0.3) is 0 Å². The maximum absolute atomic E-state index is 10.1. The number of benzene rings is 1. The standard InChI is InChI=1S/C14H20O2S/c1-10-5-6-14-12(8-10)13(15)9-11(16-14)4-3-7-17-2/h5-6,8,11,13,15H,3-4,7,9H2,1-2H3/t11?,13-/m1/s1. The molecule has 0 radical (unpaired) electrons. The van der Waals surface area contributed by atoms with Gasteiger partial charge >= 0.3 is 0 Å². The van der Waals surface area contributed by atoms with E-state index < -0.39 is 0 Å². The summed E-state index contributed by atoms with van der Waals surface area (Å²) >= 11 is 1.86. The minimum atomic E-state index is -0.363. The van der Waals surface area contributed by atoms with E-state index in [9.17, 15) is 5.11 Å². The van der Waals surface area contributed by atoms with Gasteiger partial charge in [0.2, 0.25) is 0 Å². The zero-order chi connectivity index (χ0) is 12.3. The molecule has 94 valence electrons. The van der Waals surface area contributed by atoms with Crippen molar-refractivity contribution in [1.82, 2.24) is 0 Å². The van der Waals surface area contributed by atoms with Gasteiger partial charge in [0.1, 0.15) is 11.9 Å². The summed E-state index contributed by atoms with van der Waals surface area (Å²) in [6.07, 6.45) is 4.84. The molecule has 1 unspecified atom stereocenters. The highest BCUT2D eigenvalue weighted by Gasteiger charge is 2.26. The van der Waals surface area contributed by atoms with Crippen molar-refractivity contribution in [3.63, 3.8) is 0 Å². The number of aliphatic hydroxyl groups is 1. The van der Waals surface area contributed by atoms with Gasteiger partial charge in [0.25, 0.3) is 0 Å². The van der Waals surface area contributed by atoms with Crippen molar-refractivity contribution in [3.05, 3.63) is 29.3 Å². The van der Waals surface area contributed by atoms with E-state index in [1.807, 2.05) is 36.9 Å². The van der Waals surface area contributed by atoms with Gasteiger partial charge in [-0.1, -0.05) is 11.6 Å². The lowest BCUT2D eigenvalue weighted by Crippen LogP contribution is -2.25. The van der Waals surface area contributed by atoms with Crippen molar-refractivity contribution < 1.29 is 9.84 Å². The van der Waals surface area contributed by atoms with Gasteiger partial charge in [-0.3, -0.25) is 0 Å². The number of fused-ring (bicyclic) bond motifs is 1. The van der Waals surface area contributed by atoms with Crippen LogP contribution in [0.1, 0.15) is 36.5 Å². The molecule has 0 bridgehead atoms. The third-order valence-corrected chi connectivity index (χ3v) is 3.88. The van der Waals surface area contributed by atoms with Crippen molar-refractivity contribution >= 4 is 11.8 Å². The van der Waals surface area contributed by atoms with Gasteiger partial charge in [-0.25, -0.2) is 0 Å². The van der Waals surface area contributed by atoms with E-state index in [0.717, 1.165) is 36.3 Å². The summed E-state index contributed by atoms with van der Waals surface area (Å²) in [5, 5.41) is 10.1. The number of hydrogen-bond donors (Lipinski definition) is 1. The summed E-state index contributed by atoms with van der Waals surface area (Å²) in [4.78, 5) is 0. The fourth-order valence-corrected chi connectivity index (χ4v) is 2.73. The Kier molecular flexibility index (Phi) is 4.35. The Labute approximate surface area is 107 Å². The lowest BCUT2D eigenvalue weighted by atomic mass is 9.96. The first-order chi connectivity index (χ1) is 8.20. The molecule has 2 atom stereocenters. The first-order valence-corrected chi connectivity index (χ1v) is 7.54. The van der Waals surface area contributed by atoms with E-state index in [-0.39, 0.29) is 12.2 Å². The summed E-state index contributed by atoms with van der Waals surface area (Å²) < 4.78 is 5.93. The molecule has 0 aromatic heterocycles. The molecule has 0 aliphatic carbocycles. The van der Waals surface area contributed by atoms with Crippen LogP contribution in [-0.4, -0.2) is 23.2 Å². The van der Waals surface area contributed by atoms with E-state index in [2.05, 4.69) is 6.26 Å². The minimum Gasteiger partial charge on any atom is -0.490 e. The average Bonchev–Trinajstić information content (AvgIpc) is 2.31. The molecule has 1 aromatic rings. The summed E-state index contributed by atoms with van der Waals surface area (Å²) in [6.45, 7) is 2.04. The van der Waals surface area contributed by atoms with Gasteiger partial charge in [-0.15, -0.1) is 0 Å². The summed E-state index contributed by atoms with van der Waals surface area (Å²) in [7, 11) is 0. The van der Waals surface area contributed by atoms with Crippen LogP contribution in [0, 0.1) is 6.92 Å². The third kappa shape index (κ3) is 3.17. The van der Waals surface area contributed by atoms with Gasteiger partial charge in [0, 0.05) is 12.0 Å². The maximum Gasteiger partial charge on any atom is 0.125 e. The predicted molar refractivity (Wildman–Crippen MR) is 72.8 cm³/mol. The molecule has 0 fully saturated rings. The Hall–Kier alpha value is -0.670. The first-order valence-electron chi connectivity index (χ1n) is 6.15. The van der Waals surface area contributed by atoms with E-state index in [0.29, 0.717) is 0 Å². The highest BCUT2D eigenvalue weighted by Crippen LogP contribution is 2.36. The van der Waals surface area contributed by atoms with Crippen molar-refractivity contribution in [2.75, 3.05) is 12.0 Å². The quantitative estimate of drug-likeness (QED) is 0.834. The molecule has 0 amide bonds. The largest absolute Gasteiger partial charge is 0.490 e. The summed E-state index contributed by atoms with van der Waals surface area (Å²) in [5.74, 6) is 2.03. The van der Waals surface area contributed by atoms with Crippen LogP contribution in [-0.2, 0) is 0 Å². The lowest BCUT2D eigenvalue weighted by Gasteiger charge is -2.30. The first kappa shape index (κ1) is 12.8. The molecule has 17 heavy (non-hydrogen) atoms. The van der Waals surface area contributed by atoms with Crippen LogP contribution < -0.4 is 4.74 Å². The van der Waals surface area contributed by atoms with Crippen LogP contribution in [0.4, 0.5) is 0 Å². The van der Waals surface area contributed by atoms with E-state index in [1.54, 1.807) is 0 Å². The zero-order valence-electron chi connectivity index (χ0n) is 10.5. The Morgan fingerprint density at radius 3 is 3.06 bits per heavy atom. The van der Waals surface area contributed by atoms with Crippen LogP contribution in [0.3, 0.4) is 0 Å². The Morgan fingerprint density at radius 1 is 1.47 bits per heavy atom. The van der Waals surface area contributed by atoms with E-state index in [4.69, 9.17) is 4.74 Å². The molecule has 1 heterocycles. The molecule has 0 saturated heterocycles. The predicted octanol–water partition coefficient (Wildman–Crippen LogP) is 3.32. The van der Waals surface area contributed by atoms with E-state index >= 15 is 0 Å². The number of hydrogen-bond acceptors (Lipinski definition) is 3. The fraction of sp³-hybridized carbons (Fsp3) is 0.571. The zero-order valence-corrected chi connectivity index (χ0v) is 11.3. The number of ether oxygens (including phenoxy) is 1. The second-order valence-electron chi connectivity index (χ2n) is 4.67. The molecule has 1 aromatic carbocycles. The molecule has 2 nitrogen and oxygen atoms in total. The molecular formula is C14H20O2S. The third-order valence-electron chi connectivity index (χ3n) is 3.18. The molecule has 2 rings (SSSR count). The maximum atomic E-state index is 10.1. The monoisotopic (exact) mass is 252 g/mol. The van der Waals surface area contributed by atoms with Gasteiger partial charge in [-0.2, -0.15) is 11.8 Å². The van der Waals surface area contributed by atoms with E-state index in [1.165, 1.54) is 5.56 Å². The van der Waals surface area contributed by atoms with Crippen LogP contribution in [0.5, 0.6) is 5.75 Å². The molecular weight excluding hydrogens is 232 g/mol. The Balaban J connectivity index is 2.03. The number of aryl methyl sites for hydroxylation is 1. The molecule has 1 aliphatic rings. The molecule has 0 saturated carbocycles. The van der Waals surface area contributed by atoms with Gasteiger partial charge in [-0.05, 0) is 43.9 Å². The van der Waals surface area contributed by atoms with Gasteiger partial charge in [0.15, 0.2) is 0 Å². The highest BCUT2D eigenvalue weighted by atomic mass is 32.2. The van der Waals surface area contributed by atoms with Crippen molar-refractivity contribution in [2.24, 2.45) is 0 Å². The molecule has 3 heteroatoms. The van der Waals surface area contributed by atoms with Crippen molar-refractivity contribution in [2.45, 2.75) is 38.4 Å².